The number of hydrogen-bond acceptors (Lipinski definition) is 5. The zero-order chi connectivity index (χ0) is 19.5. The first kappa shape index (κ1) is 19.2. The average molecular weight is 432 g/mol. The summed E-state index contributed by atoms with van der Waals surface area (Å²) in [4.78, 5) is 21.3. The quantitative estimate of drug-likeness (QED) is 0.647. The molecule has 5 nitrogen and oxygen atoms in total. The molecule has 0 bridgehead atoms. The van der Waals surface area contributed by atoms with Crippen LogP contribution in [0.5, 0.6) is 0 Å². The number of pyridine rings is 1. The standard InChI is InChI=1S/C20H18ClN3O2S2/c21-16-4-2-1-3-15(16)18-12-27-20(23-18)24-19(25)17-6-5-14(11-22-17)13-7-9-28(26)10-8-13/h1-6,11-13H,7-10H2,(H,23,24,25). The van der Waals surface area contributed by atoms with Crippen molar-refractivity contribution in [3.8, 4) is 11.3 Å². The van der Waals surface area contributed by atoms with E-state index in [2.05, 4.69) is 15.3 Å². The van der Waals surface area contributed by atoms with Crippen molar-refractivity contribution in [2.24, 2.45) is 0 Å². The summed E-state index contributed by atoms with van der Waals surface area (Å²) in [5, 5.41) is 5.78. The van der Waals surface area contributed by atoms with Crippen molar-refractivity contribution < 1.29 is 9.00 Å². The summed E-state index contributed by atoms with van der Waals surface area (Å²) in [7, 11) is -0.681. The van der Waals surface area contributed by atoms with Gasteiger partial charge in [-0.1, -0.05) is 35.9 Å². The van der Waals surface area contributed by atoms with E-state index in [1.54, 1.807) is 12.3 Å². The molecule has 1 N–H and O–H groups in total. The van der Waals surface area contributed by atoms with Crippen LogP contribution in [0.15, 0.2) is 48.0 Å². The van der Waals surface area contributed by atoms with Crippen molar-refractivity contribution in [3.05, 3.63) is 64.3 Å². The van der Waals surface area contributed by atoms with Crippen molar-refractivity contribution in [2.75, 3.05) is 16.8 Å². The van der Waals surface area contributed by atoms with E-state index in [1.165, 1.54) is 11.3 Å². The fourth-order valence-electron chi connectivity index (χ4n) is 3.19. The van der Waals surface area contributed by atoms with Crippen molar-refractivity contribution in [1.82, 2.24) is 9.97 Å². The highest BCUT2D eigenvalue weighted by Gasteiger charge is 2.20. The predicted octanol–water partition coefficient (Wildman–Crippen LogP) is 4.74. The minimum absolute atomic E-state index is 0.295. The molecule has 3 aromatic rings. The van der Waals surface area contributed by atoms with Gasteiger partial charge in [-0.25, -0.2) is 4.98 Å². The van der Waals surface area contributed by atoms with Crippen LogP contribution in [0.2, 0.25) is 5.02 Å². The molecule has 28 heavy (non-hydrogen) atoms. The zero-order valence-electron chi connectivity index (χ0n) is 14.9. The molecule has 3 heterocycles. The van der Waals surface area contributed by atoms with Crippen LogP contribution < -0.4 is 5.32 Å². The van der Waals surface area contributed by atoms with Gasteiger partial charge in [-0.3, -0.25) is 19.3 Å². The van der Waals surface area contributed by atoms with E-state index < -0.39 is 10.8 Å². The smallest absolute Gasteiger partial charge is 0.276 e. The molecule has 1 fully saturated rings. The van der Waals surface area contributed by atoms with Gasteiger partial charge in [0.1, 0.15) is 5.69 Å². The summed E-state index contributed by atoms with van der Waals surface area (Å²) in [6.45, 7) is 0. The number of hydrogen-bond donors (Lipinski definition) is 1. The topological polar surface area (TPSA) is 72.0 Å². The normalized spacial score (nSPS) is 19.3. The molecule has 8 heteroatoms. The first-order valence-electron chi connectivity index (χ1n) is 8.93. The van der Waals surface area contributed by atoms with Crippen molar-refractivity contribution >= 4 is 44.8 Å². The van der Waals surface area contributed by atoms with Crippen LogP contribution in [0, 0.1) is 0 Å². The SMILES string of the molecule is O=C(Nc1nc(-c2ccccc2Cl)cs1)c1ccc(C2CCS(=O)CC2)cn1. The van der Waals surface area contributed by atoms with E-state index in [-0.39, 0.29) is 5.91 Å². The molecule has 1 aromatic carbocycles. The summed E-state index contributed by atoms with van der Waals surface area (Å²) in [6.07, 6.45) is 3.57. The first-order valence-corrected chi connectivity index (χ1v) is 11.7. The van der Waals surface area contributed by atoms with Gasteiger partial charge in [-0.15, -0.1) is 11.3 Å². The van der Waals surface area contributed by atoms with Gasteiger partial charge in [-0.2, -0.15) is 0 Å². The summed E-state index contributed by atoms with van der Waals surface area (Å²) in [5.74, 6) is 1.56. The molecule has 0 atom stereocenters. The van der Waals surface area contributed by atoms with Crippen LogP contribution in [0.1, 0.15) is 34.8 Å². The maximum absolute atomic E-state index is 12.5. The number of amides is 1. The Morgan fingerprint density at radius 2 is 1.96 bits per heavy atom. The number of aromatic nitrogens is 2. The third kappa shape index (κ3) is 4.32. The molecule has 1 aliphatic heterocycles. The van der Waals surface area contributed by atoms with Crippen LogP contribution in [0.25, 0.3) is 11.3 Å². The highest BCUT2D eigenvalue weighted by atomic mass is 35.5. The Labute approximate surface area is 174 Å². The molecule has 0 saturated carbocycles. The molecule has 0 aliphatic carbocycles. The number of carbonyl (C=O) groups excluding carboxylic acids is 1. The van der Waals surface area contributed by atoms with Gasteiger partial charge in [0.25, 0.3) is 5.91 Å². The van der Waals surface area contributed by atoms with Gasteiger partial charge in [0.2, 0.25) is 0 Å². The van der Waals surface area contributed by atoms with Crippen LogP contribution in [-0.4, -0.2) is 31.6 Å². The van der Waals surface area contributed by atoms with Gasteiger partial charge < -0.3 is 0 Å². The maximum Gasteiger partial charge on any atom is 0.276 e. The van der Waals surface area contributed by atoms with E-state index in [4.69, 9.17) is 11.6 Å². The molecular weight excluding hydrogens is 414 g/mol. The Hall–Kier alpha value is -2.09. The Balaban J connectivity index is 1.43. The van der Waals surface area contributed by atoms with E-state index in [1.807, 2.05) is 35.7 Å². The lowest BCUT2D eigenvalue weighted by molar-refractivity contribution is 0.102. The van der Waals surface area contributed by atoms with Crippen LogP contribution in [0.3, 0.4) is 0 Å². The molecule has 0 spiro atoms. The van der Waals surface area contributed by atoms with Crippen molar-refractivity contribution in [2.45, 2.75) is 18.8 Å². The van der Waals surface area contributed by atoms with Gasteiger partial charge in [0, 0.05) is 44.5 Å². The number of nitrogens with zero attached hydrogens (tertiary/aromatic N) is 2. The minimum Gasteiger partial charge on any atom is -0.296 e. The lowest BCUT2D eigenvalue weighted by Crippen LogP contribution is -2.18. The van der Waals surface area contributed by atoms with Gasteiger partial charge in [-0.05, 0) is 36.5 Å². The summed E-state index contributed by atoms with van der Waals surface area (Å²) in [5.41, 5.74) is 3.00. The lowest BCUT2D eigenvalue weighted by Gasteiger charge is -2.21. The largest absolute Gasteiger partial charge is 0.296 e. The lowest BCUT2D eigenvalue weighted by atomic mass is 9.95. The average Bonchev–Trinajstić information content (AvgIpc) is 3.17. The number of rotatable bonds is 4. The third-order valence-corrected chi connectivity index (χ3v) is 7.22. The van der Waals surface area contributed by atoms with E-state index in [0.29, 0.717) is 21.8 Å². The summed E-state index contributed by atoms with van der Waals surface area (Å²) in [6, 6.07) is 11.1. The van der Waals surface area contributed by atoms with Gasteiger partial charge in [0.15, 0.2) is 5.13 Å². The molecule has 2 aromatic heterocycles. The minimum atomic E-state index is -0.681. The van der Waals surface area contributed by atoms with E-state index in [9.17, 15) is 9.00 Å². The molecule has 1 aliphatic rings. The first-order chi connectivity index (χ1) is 13.6. The number of anilines is 1. The zero-order valence-corrected chi connectivity index (χ0v) is 17.3. The molecule has 1 amide bonds. The Morgan fingerprint density at radius 3 is 2.68 bits per heavy atom. The highest BCUT2D eigenvalue weighted by Crippen LogP contribution is 2.30. The predicted molar refractivity (Wildman–Crippen MR) is 115 cm³/mol. The van der Waals surface area contributed by atoms with Crippen molar-refractivity contribution in [3.63, 3.8) is 0 Å². The number of carbonyl (C=O) groups is 1. The number of halogens is 1. The van der Waals surface area contributed by atoms with Crippen LogP contribution in [0.4, 0.5) is 5.13 Å². The fraction of sp³-hybridized carbons (Fsp3) is 0.250. The molecule has 1 saturated heterocycles. The monoisotopic (exact) mass is 431 g/mol. The highest BCUT2D eigenvalue weighted by molar-refractivity contribution is 7.85. The molecule has 0 radical (unpaired) electrons. The second-order valence-electron chi connectivity index (χ2n) is 6.57. The summed E-state index contributed by atoms with van der Waals surface area (Å²) < 4.78 is 11.5. The Kier molecular flexibility index (Phi) is 5.85. The van der Waals surface area contributed by atoms with Crippen molar-refractivity contribution in [1.29, 1.82) is 0 Å². The maximum atomic E-state index is 12.5. The Bertz CT molecular complexity index is 1010. The second kappa shape index (κ2) is 8.51. The fourth-order valence-corrected chi connectivity index (χ4v) is 5.43. The molecule has 0 unspecified atom stereocenters. The molecule has 4 rings (SSSR count). The van der Waals surface area contributed by atoms with Gasteiger partial charge in [0.05, 0.1) is 5.69 Å². The number of nitrogens with one attached hydrogen (secondary N) is 1. The van der Waals surface area contributed by atoms with Gasteiger partial charge >= 0.3 is 0 Å². The number of thiazole rings is 1. The van der Waals surface area contributed by atoms with Crippen LogP contribution in [-0.2, 0) is 10.8 Å². The molecule has 144 valence electrons. The number of benzene rings is 1. The third-order valence-electron chi connectivity index (χ3n) is 4.75. The van der Waals surface area contributed by atoms with E-state index in [0.717, 1.165) is 41.2 Å². The molecular formula is C20H18ClN3O2S2. The summed E-state index contributed by atoms with van der Waals surface area (Å²) >= 11 is 7.55. The van der Waals surface area contributed by atoms with E-state index >= 15 is 0 Å². The second-order valence-corrected chi connectivity index (χ2v) is 9.53. The Morgan fingerprint density at radius 1 is 1.18 bits per heavy atom. The van der Waals surface area contributed by atoms with Crippen LogP contribution >= 0.6 is 22.9 Å².